The first kappa shape index (κ1) is 28.6. The van der Waals surface area contributed by atoms with Crippen LogP contribution in [0.4, 0.5) is 17.7 Å². The maximum Gasteiger partial charge on any atom is 0.398 e. The van der Waals surface area contributed by atoms with E-state index in [0.29, 0.717) is 35.6 Å². The van der Waals surface area contributed by atoms with E-state index in [1.54, 1.807) is 36.4 Å². The number of anilines is 2. The predicted octanol–water partition coefficient (Wildman–Crippen LogP) is 3.80. The summed E-state index contributed by atoms with van der Waals surface area (Å²) in [5, 5.41) is 12.5. The van der Waals surface area contributed by atoms with Gasteiger partial charge in [0.15, 0.2) is 11.8 Å². The molecule has 13 nitrogen and oxygen atoms in total. The van der Waals surface area contributed by atoms with E-state index in [0.717, 1.165) is 67.1 Å². The zero-order valence-electron chi connectivity index (χ0n) is 24.8. The molecule has 5 heterocycles. The molecule has 226 valence electrons. The van der Waals surface area contributed by atoms with Crippen LogP contribution in [0.3, 0.4) is 0 Å². The molecule has 0 spiro atoms. The molecular formula is C30H37N9O4. The highest BCUT2D eigenvalue weighted by molar-refractivity contribution is 5.87. The lowest BCUT2D eigenvalue weighted by molar-refractivity contribution is -0.362. The van der Waals surface area contributed by atoms with Crippen LogP contribution in [0, 0.1) is 5.21 Å². The molecule has 0 amide bonds. The van der Waals surface area contributed by atoms with Crippen LogP contribution in [-0.4, -0.2) is 86.4 Å². The normalized spacial score (nSPS) is 19.7. The van der Waals surface area contributed by atoms with Gasteiger partial charge in [0.1, 0.15) is 23.9 Å². The van der Waals surface area contributed by atoms with Crippen LogP contribution in [0.15, 0.2) is 43.0 Å². The van der Waals surface area contributed by atoms with Gasteiger partial charge in [-0.15, -0.1) is 0 Å². The Morgan fingerprint density at radius 2 is 1.81 bits per heavy atom. The number of nitrogens with zero attached hydrogens (tertiary/aromatic N) is 9. The highest BCUT2D eigenvalue weighted by Crippen LogP contribution is 2.35. The van der Waals surface area contributed by atoms with E-state index in [1.165, 1.54) is 0 Å². The lowest BCUT2D eigenvalue weighted by Gasteiger charge is -2.34. The summed E-state index contributed by atoms with van der Waals surface area (Å²) in [4.78, 5) is 27.1. The van der Waals surface area contributed by atoms with E-state index >= 15 is 0 Å². The van der Waals surface area contributed by atoms with Gasteiger partial charge in [0.05, 0.1) is 37.4 Å². The molecule has 6 rings (SSSR count). The molecule has 1 aliphatic heterocycles. The fourth-order valence-electron chi connectivity index (χ4n) is 5.80. The quantitative estimate of drug-likeness (QED) is 0.123. The van der Waals surface area contributed by atoms with Gasteiger partial charge in [-0.2, -0.15) is 4.98 Å². The molecule has 0 bridgehead atoms. The molecule has 4 aromatic rings. The van der Waals surface area contributed by atoms with Gasteiger partial charge < -0.3 is 29.2 Å². The second-order valence-corrected chi connectivity index (χ2v) is 11.0. The molecule has 2 aliphatic rings. The van der Waals surface area contributed by atoms with Gasteiger partial charge >= 0.3 is 5.95 Å². The van der Waals surface area contributed by atoms with Crippen molar-refractivity contribution in [1.29, 1.82) is 0 Å². The number of morpholine rings is 1. The first-order valence-electron chi connectivity index (χ1n) is 14.6. The highest BCUT2D eigenvalue weighted by atomic mass is 16.5. The molecule has 1 atom stereocenters. The maximum absolute atomic E-state index is 11.7. The molecule has 1 aliphatic carbocycles. The number of fused-ring (bicyclic) bond motifs is 1. The van der Waals surface area contributed by atoms with Crippen LogP contribution >= 0.6 is 0 Å². The smallest absolute Gasteiger partial charge is 0.398 e. The van der Waals surface area contributed by atoms with Crippen LogP contribution < -0.4 is 19.3 Å². The fourth-order valence-corrected chi connectivity index (χ4v) is 5.80. The Kier molecular flexibility index (Phi) is 8.23. The molecule has 0 N–H and O–H groups in total. The van der Waals surface area contributed by atoms with Crippen molar-refractivity contribution in [3.8, 4) is 11.6 Å². The summed E-state index contributed by atoms with van der Waals surface area (Å²) in [6.07, 6.45) is 10.2. The van der Waals surface area contributed by atoms with Gasteiger partial charge in [-0.05, 0) is 44.7 Å². The molecule has 1 saturated carbocycles. The topological polar surface area (TPSA) is 130 Å². The number of imidazole rings is 1. The summed E-state index contributed by atoms with van der Waals surface area (Å²) in [5.74, 6) is 2.89. The van der Waals surface area contributed by atoms with E-state index in [4.69, 9.17) is 24.2 Å². The zero-order valence-corrected chi connectivity index (χ0v) is 24.8. The molecule has 1 saturated heterocycles. The van der Waals surface area contributed by atoms with Crippen molar-refractivity contribution >= 4 is 35.3 Å². The van der Waals surface area contributed by atoms with Crippen LogP contribution in [-0.2, 0) is 11.8 Å². The number of hydrogen-bond acceptors (Lipinski definition) is 11. The van der Waals surface area contributed by atoms with Gasteiger partial charge in [0, 0.05) is 51.4 Å². The average Bonchev–Trinajstić information content (AvgIpc) is 3.43. The summed E-state index contributed by atoms with van der Waals surface area (Å²) in [6, 6.07) is 6.10. The number of ether oxygens (including phenoxy) is 3. The van der Waals surface area contributed by atoms with Crippen molar-refractivity contribution in [2.75, 3.05) is 43.2 Å². The standard InChI is InChI=1S/C30H37N9O4/c1-20(26-19-34-30(37(26)3)38(4)40)42-23-16-24-25(33-18-23)17-27(39-12-14-41-15-13-39)35-28(24)43-22-8-6-21(7-9-22)36(2)29-31-10-5-11-32-29/h5,10-11,16-22H,4,6-9,12-15H2,1-3H3. The van der Waals surface area contributed by atoms with E-state index in [1.807, 2.05) is 25.1 Å². The number of hydrogen-bond donors (Lipinski definition) is 0. The Morgan fingerprint density at radius 1 is 1.07 bits per heavy atom. The van der Waals surface area contributed by atoms with Gasteiger partial charge in [-0.1, -0.05) is 4.98 Å². The third kappa shape index (κ3) is 6.17. The van der Waals surface area contributed by atoms with Crippen molar-refractivity contribution in [2.45, 2.75) is 50.9 Å². The third-order valence-electron chi connectivity index (χ3n) is 8.23. The first-order chi connectivity index (χ1) is 20.9. The third-order valence-corrected chi connectivity index (χ3v) is 8.23. The molecule has 2 fully saturated rings. The van der Waals surface area contributed by atoms with Crippen molar-refractivity contribution in [3.05, 3.63) is 53.9 Å². The van der Waals surface area contributed by atoms with Gasteiger partial charge in [-0.3, -0.25) is 9.72 Å². The summed E-state index contributed by atoms with van der Waals surface area (Å²) in [7, 11) is 3.81. The molecule has 0 aromatic carbocycles. The summed E-state index contributed by atoms with van der Waals surface area (Å²) in [5.41, 5.74) is 1.52. The van der Waals surface area contributed by atoms with Crippen molar-refractivity contribution in [3.63, 3.8) is 0 Å². The monoisotopic (exact) mass is 587 g/mol. The number of aromatic nitrogens is 6. The summed E-state index contributed by atoms with van der Waals surface area (Å²) >= 11 is 0. The summed E-state index contributed by atoms with van der Waals surface area (Å²) < 4.78 is 20.6. The molecule has 43 heavy (non-hydrogen) atoms. The van der Waals surface area contributed by atoms with E-state index in [9.17, 15) is 5.21 Å². The minimum atomic E-state index is -0.392. The minimum Gasteiger partial charge on any atom is -0.741 e. The van der Waals surface area contributed by atoms with Crippen LogP contribution in [0.25, 0.3) is 10.9 Å². The number of pyridine rings is 2. The largest absolute Gasteiger partial charge is 0.741 e. The Hall–Kier alpha value is -4.52. The predicted molar refractivity (Wildman–Crippen MR) is 162 cm³/mol. The second kappa shape index (κ2) is 12.4. The molecule has 4 aromatic heterocycles. The van der Waals surface area contributed by atoms with E-state index < -0.39 is 6.10 Å². The maximum atomic E-state index is 11.7. The van der Waals surface area contributed by atoms with Crippen molar-refractivity contribution in [2.24, 2.45) is 7.05 Å². The molecule has 0 radical (unpaired) electrons. The lowest BCUT2D eigenvalue weighted by Crippen LogP contribution is -2.39. The second-order valence-electron chi connectivity index (χ2n) is 11.0. The SMILES string of the molecule is C=[N+]([O-])c1ncc(C(C)Oc2cnc3cc(N4CCOCC4)nc(OC4CCC(N(C)c5ncccn5)CC4)c3c2)n1C. The first-order valence-corrected chi connectivity index (χ1v) is 14.6. The van der Waals surface area contributed by atoms with Gasteiger partial charge in [0.2, 0.25) is 11.8 Å². The zero-order chi connectivity index (χ0) is 29.9. The fraction of sp³-hybridized carbons (Fsp3) is 0.467. The van der Waals surface area contributed by atoms with E-state index in [-0.39, 0.29) is 12.1 Å². The Balaban J connectivity index is 1.23. The average molecular weight is 588 g/mol. The summed E-state index contributed by atoms with van der Waals surface area (Å²) in [6.45, 7) is 8.12. The van der Waals surface area contributed by atoms with Crippen molar-refractivity contribution in [1.82, 2.24) is 29.5 Å². The van der Waals surface area contributed by atoms with Crippen LogP contribution in [0.5, 0.6) is 11.6 Å². The Labute approximate surface area is 250 Å². The molecule has 1 unspecified atom stereocenters. The molecular weight excluding hydrogens is 550 g/mol. The Morgan fingerprint density at radius 3 is 2.51 bits per heavy atom. The van der Waals surface area contributed by atoms with Gasteiger partial charge in [0.25, 0.3) is 0 Å². The van der Waals surface area contributed by atoms with Gasteiger partial charge in [-0.25, -0.2) is 14.5 Å². The molecule has 13 heteroatoms. The lowest BCUT2D eigenvalue weighted by atomic mass is 9.92. The Bertz CT molecular complexity index is 1570. The van der Waals surface area contributed by atoms with Crippen LogP contribution in [0.2, 0.25) is 0 Å². The minimum absolute atomic E-state index is 0.0195. The number of rotatable bonds is 9. The van der Waals surface area contributed by atoms with Crippen LogP contribution in [0.1, 0.15) is 44.4 Å². The van der Waals surface area contributed by atoms with Crippen molar-refractivity contribution < 1.29 is 18.9 Å². The highest BCUT2D eigenvalue weighted by Gasteiger charge is 2.28. The van der Waals surface area contributed by atoms with E-state index in [2.05, 4.69) is 38.5 Å².